The summed E-state index contributed by atoms with van der Waals surface area (Å²) in [5.74, 6) is 0. The molecule has 27 valence electrons. The summed E-state index contributed by atoms with van der Waals surface area (Å²) in [6, 6.07) is 1.72. The van der Waals surface area contributed by atoms with E-state index in [1.54, 1.807) is 12.3 Å². The summed E-state index contributed by atoms with van der Waals surface area (Å²) in [4.78, 5) is 0. The Morgan fingerprint density at radius 2 is 2.33 bits per heavy atom. The fourth-order valence-electron chi connectivity index (χ4n) is 0.176. The van der Waals surface area contributed by atoms with Crippen molar-refractivity contribution in [1.29, 1.82) is 0 Å². The van der Waals surface area contributed by atoms with Gasteiger partial charge in [-0.2, -0.15) is 0 Å². The second-order valence-electron chi connectivity index (χ2n) is 0.688. The Morgan fingerprint density at radius 1 is 1.50 bits per heavy atom. The minimum absolute atomic E-state index is 0. The number of hydrogen-bond donors (Lipinski definition) is 0. The normalized spacial score (nSPS) is 6.67. The number of nitrogens with zero attached hydrogens (tertiary/aromatic N) is 1. The molecule has 0 aromatic carbocycles. The molecule has 0 N–H and O–H groups in total. The molecule has 0 saturated carbocycles. The SMILES string of the molecule is [Na].c1cnoc1. The molecular weight excluding hydrogens is 89.0 g/mol. The average molecular weight is 92.1 g/mol. The zero-order valence-electron chi connectivity index (χ0n) is 3.59. The van der Waals surface area contributed by atoms with Crippen LogP contribution in [-0.4, -0.2) is 34.7 Å². The second kappa shape index (κ2) is 3.40. The minimum Gasteiger partial charge on any atom is -0.365 e. The third-order valence-corrected chi connectivity index (χ3v) is 0.347. The van der Waals surface area contributed by atoms with Gasteiger partial charge in [-0.15, -0.1) is 0 Å². The van der Waals surface area contributed by atoms with Crippen molar-refractivity contribution in [2.45, 2.75) is 0 Å². The second-order valence-corrected chi connectivity index (χ2v) is 0.688. The first-order valence-corrected chi connectivity index (χ1v) is 1.34. The van der Waals surface area contributed by atoms with E-state index in [4.69, 9.17) is 0 Å². The number of rotatable bonds is 0. The van der Waals surface area contributed by atoms with Gasteiger partial charge in [-0.25, -0.2) is 0 Å². The molecule has 0 aliphatic heterocycles. The molecule has 0 aliphatic rings. The van der Waals surface area contributed by atoms with Crippen LogP contribution in [0.25, 0.3) is 0 Å². The maximum Gasteiger partial charge on any atom is 0.123 e. The molecule has 0 amide bonds. The first-order valence-electron chi connectivity index (χ1n) is 1.34. The Bertz CT molecular complexity index is 67.3. The van der Waals surface area contributed by atoms with E-state index in [0.29, 0.717) is 0 Å². The van der Waals surface area contributed by atoms with Gasteiger partial charge in [0.1, 0.15) is 6.26 Å². The van der Waals surface area contributed by atoms with Crippen molar-refractivity contribution in [2.24, 2.45) is 0 Å². The van der Waals surface area contributed by atoms with Gasteiger partial charge < -0.3 is 4.52 Å². The Morgan fingerprint density at radius 3 is 2.50 bits per heavy atom. The van der Waals surface area contributed by atoms with E-state index in [2.05, 4.69) is 9.68 Å². The van der Waals surface area contributed by atoms with Crippen molar-refractivity contribution in [2.75, 3.05) is 0 Å². The van der Waals surface area contributed by atoms with Crippen molar-refractivity contribution < 1.29 is 4.52 Å². The van der Waals surface area contributed by atoms with Crippen molar-refractivity contribution in [1.82, 2.24) is 5.16 Å². The van der Waals surface area contributed by atoms with E-state index in [9.17, 15) is 0 Å². The van der Waals surface area contributed by atoms with Crippen LogP contribution in [0.3, 0.4) is 0 Å². The molecule has 1 aromatic rings. The van der Waals surface area contributed by atoms with Crippen LogP contribution in [0.5, 0.6) is 0 Å². The molecule has 0 saturated heterocycles. The van der Waals surface area contributed by atoms with Crippen LogP contribution in [0.1, 0.15) is 0 Å². The van der Waals surface area contributed by atoms with Crippen LogP contribution in [0.2, 0.25) is 0 Å². The van der Waals surface area contributed by atoms with Gasteiger partial charge in [-0.3, -0.25) is 0 Å². The van der Waals surface area contributed by atoms with Crippen LogP contribution in [0.4, 0.5) is 0 Å². The standard InChI is InChI=1S/C3H3NO.Na/c1-2-4-5-3-1;/h1-3H;. The molecule has 6 heavy (non-hydrogen) atoms. The maximum absolute atomic E-state index is 4.33. The molecular formula is C3H3NNaO. The molecule has 1 heterocycles. The van der Waals surface area contributed by atoms with E-state index in [1.807, 2.05) is 0 Å². The third kappa shape index (κ3) is 1.60. The van der Waals surface area contributed by atoms with Gasteiger partial charge in [0.15, 0.2) is 0 Å². The zero-order chi connectivity index (χ0) is 3.54. The molecule has 0 aliphatic carbocycles. The average Bonchev–Trinajstić information content (AvgIpc) is 1.76. The van der Waals surface area contributed by atoms with Crippen LogP contribution in [-0.2, 0) is 0 Å². The molecule has 0 unspecified atom stereocenters. The Balaban J connectivity index is 0.000000250. The largest absolute Gasteiger partial charge is 0.365 e. The van der Waals surface area contributed by atoms with E-state index < -0.39 is 0 Å². The van der Waals surface area contributed by atoms with Gasteiger partial charge in [0, 0.05) is 29.6 Å². The van der Waals surface area contributed by atoms with Gasteiger partial charge in [-0.05, 0) is 6.07 Å². The summed E-state index contributed by atoms with van der Waals surface area (Å²) in [5.41, 5.74) is 0. The van der Waals surface area contributed by atoms with E-state index in [-0.39, 0.29) is 29.6 Å². The minimum atomic E-state index is 0. The molecule has 1 aromatic heterocycles. The predicted molar refractivity (Wildman–Crippen MR) is 22.3 cm³/mol. The van der Waals surface area contributed by atoms with E-state index >= 15 is 0 Å². The molecule has 0 atom stereocenters. The van der Waals surface area contributed by atoms with Crippen molar-refractivity contribution >= 4 is 29.6 Å². The number of aromatic nitrogens is 1. The fraction of sp³-hybridized carbons (Fsp3) is 0. The third-order valence-electron chi connectivity index (χ3n) is 0.347. The summed E-state index contributed by atoms with van der Waals surface area (Å²) in [6.07, 6.45) is 3.10. The van der Waals surface area contributed by atoms with Gasteiger partial charge in [0.25, 0.3) is 0 Å². The molecule has 3 heteroatoms. The van der Waals surface area contributed by atoms with Gasteiger partial charge in [0.2, 0.25) is 0 Å². The summed E-state index contributed by atoms with van der Waals surface area (Å²) in [5, 5.41) is 3.35. The van der Waals surface area contributed by atoms with Crippen molar-refractivity contribution in [3.05, 3.63) is 18.5 Å². The molecule has 0 bridgehead atoms. The maximum atomic E-state index is 4.33. The van der Waals surface area contributed by atoms with Crippen LogP contribution < -0.4 is 0 Å². The van der Waals surface area contributed by atoms with Crippen LogP contribution in [0.15, 0.2) is 23.0 Å². The van der Waals surface area contributed by atoms with Crippen molar-refractivity contribution in [3.63, 3.8) is 0 Å². The molecule has 0 fully saturated rings. The van der Waals surface area contributed by atoms with Gasteiger partial charge in [0.05, 0.1) is 6.20 Å². The first kappa shape index (κ1) is 6.21. The zero-order valence-corrected chi connectivity index (χ0v) is 5.59. The quantitative estimate of drug-likeness (QED) is 0.430. The Kier molecular flexibility index (Phi) is 3.52. The van der Waals surface area contributed by atoms with Crippen LogP contribution in [0, 0.1) is 0 Å². The fourth-order valence-corrected chi connectivity index (χ4v) is 0.176. The summed E-state index contributed by atoms with van der Waals surface area (Å²) in [7, 11) is 0. The molecule has 2 nitrogen and oxygen atoms in total. The predicted octanol–water partition coefficient (Wildman–Crippen LogP) is 0.294. The molecule has 1 rings (SSSR count). The smallest absolute Gasteiger partial charge is 0.123 e. The Hall–Kier alpha value is 0.210. The first-order chi connectivity index (χ1) is 2.50. The summed E-state index contributed by atoms with van der Waals surface area (Å²) >= 11 is 0. The summed E-state index contributed by atoms with van der Waals surface area (Å²) in [6.45, 7) is 0. The molecule has 1 radical (unpaired) electrons. The van der Waals surface area contributed by atoms with Crippen LogP contribution >= 0.6 is 0 Å². The van der Waals surface area contributed by atoms with E-state index in [1.165, 1.54) is 6.26 Å². The molecule has 0 spiro atoms. The Labute approximate surface area is 57.8 Å². The van der Waals surface area contributed by atoms with Gasteiger partial charge >= 0.3 is 0 Å². The van der Waals surface area contributed by atoms with E-state index in [0.717, 1.165) is 0 Å². The topological polar surface area (TPSA) is 26.0 Å². The number of hydrogen-bond acceptors (Lipinski definition) is 2. The van der Waals surface area contributed by atoms with Gasteiger partial charge in [-0.1, -0.05) is 5.16 Å². The summed E-state index contributed by atoms with van der Waals surface area (Å²) < 4.78 is 4.33. The monoisotopic (exact) mass is 92.0 g/mol. The van der Waals surface area contributed by atoms with Crippen molar-refractivity contribution in [3.8, 4) is 0 Å².